The van der Waals surface area contributed by atoms with Crippen LogP contribution in [0.5, 0.6) is 40.4 Å². The Labute approximate surface area is 544 Å². The van der Waals surface area contributed by atoms with Crippen LogP contribution in [0.3, 0.4) is 0 Å². The summed E-state index contributed by atoms with van der Waals surface area (Å²) in [6.07, 6.45) is 3.92. The third kappa shape index (κ3) is 20.1. The summed E-state index contributed by atoms with van der Waals surface area (Å²) in [5, 5.41) is 0. The number of hydrogen-bond acceptors (Lipinski definition) is 16. The van der Waals surface area contributed by atoms with Crippen LogP contribution in [-0.4, -0.2) is 101 Å². The Morgan fingerprint density at radius 1 is 0.387 bits per heavy atom. The average Bonchev–Trinajstić information content (AvgIpc) is 1.01. The molecule has 0 aliphatic rings. The first kappa shape index (κ1) is 71.1. The van der Waals surface area contributed by atoms with Gasteiger partial charge in [0.2, 0.25) is 41.5 Å². The molecule has 3 aromatic heterocycles. The normalized spacial score (nSPS) is 11.6. The molecular weight excluding hydrogens is 1250 g/mol. The summed E-state index contributed by atoms with van der Waals surface area (Å²) in [6.45, 7) is 8.50. The maximum Gasteiger partial charge on any atom is 0.250 e. The molecule has 0 aliphatic heterocycles. The van der Waals surface area contributed by atoms with E-state index in [4.69, 9.17) is 33.2 Å². The molecule has 3 heterocycles. The molecule has 9 rings (SSSR count). The van der Waals surface area contributed by atoms with Crippen molar-refractivity contribution in [2.75, 3.05) is 42.7 Å². The summed E-state index contributed by atoms with van der Waals surface area (Å²) in [5.74, 6) is 4.59. The van der Waals surface area contributed by atoms with Crippen molar-refractivity contribution in [3.8, 4) is 40.4 Å². The molecule has 0 atom stereocenters. The second kappa shape index (κ2) is 33.3. The van der Waals surface area contributed by atoms with Crippen molar-refractivity contribution < 1.29 is 58.4 Å². The van der Waals surface area contributed by atoms with Gasteiger partial charge in [-0.05, 0) is 152 Å². The highest BCUT2D eigenvalue weighted by Crippen LogP contribution is 2.28. The summed E-state index contributed by atoms with van der Waals surface area (Å²) < 4.78 is 123. The first-order valence-electron chi connectivity index (χ1n) is 29.3. The topological polar surface area (TPSA) is 244 Å². The molecule has 93 heavy (non-hydrogen) atoms. The maximum atomic E-state index is 13.6. The van der Waals surface area contributed by atoms with Gasteiger partial charge in [0.1, 0.15) is 39.4 Å². The van der Waals surface area contributed by atoms with Crippen LogP contribution in [0.4, 0.5) is 0 Å². The van der Waals surface area contributed by atoms with Crippen LogP contribution in [0.25, 0.3) is 0 Å². The SMILES string of the molecule is COc1ccc(CN(Cc2ccc(OC)cc2)S(=O)(=O)c2ccc(=O)[nH]c2)cc1.COc1ccc(CN(Cc2ccc(OC)cc2)S(=O)(=O)c2ccc(=O)n(C(C)C)c2)cc1.COc1ccc(CN(Cc2ccc(OC)cc2)S(=O)(=O)c2ccc(OC(C)C)nc2)cc1. The van der Waals surface area contributed by atoms with Crippen LogP contribution >= 0.6 is 0 Å². The lowest BCUT2D eigenvalue weighted by Crippen LogP contribution is -2.32. The van der Waals surface area contributed by atoms with Crippen molar-refractivity contribution in [2.24, 2.45) is 0 Å². The van der Waals surface area contributed by atoms with Crippen molar-refractivity contribution in [3.63, 3.8) is 0 Å². The summed E-state index contributed by atoms with van der Waals surface area (Å²) >= 11 is 0. The number of benzene rings is 6. The number of aromatic amines is 1. The van der Waals surface area contributed by atoms with Gasteiger partial charge < -0.3 is 42.7 Å². The summed E-state index contributed by atoms with van der Waals surface area (Å²) in [5.41, 5.74) is 4.35. The molecule has 6 aromatic carbocycles. The van der Waals surface area contributed by atoms with Gasteiger partial charge in [0.05, 0.1) is 64.8 Å². The van der Waals surface area contributed by atoms with E-state index in [0.29, 0.717) is 40.4 Å². The van der Waals surface area contributed by atoms with E-state index in [2.05, 4.69) is 9.97 Å². The van der Waals surface area contributed by atoms with E-state index >= 15 is 0 Å². The quantitative estimate of drug-likeness (QED) is 0.0503. The van der Waals surface area contributed by atoms with E-state index in [-0.39, 0.29) is 77.2 Å². The number of nitrogens with one attached hydrogen (secondary N) is 1. The Bertz CT molecular complexity index is 4120. The third-order valence-corrected chi connectivity index (χ3v) is 19.6. The monoisotopic (exact) mass is 1330 g/mol. The van der Waals surface area contributed by atoms with E-state index in [9.17, 15) is 34.8 Å². The first-order valence-corrected chi connectivity index (χ1v) is 33.6. The Morgan fingerprint density at radius 2 is 0.677 bits per heavy atom. The second-order valence-electron chi connectivity index (χ2n) is 21.5. The lowest BCUT2D eigenvalue weighted by Gasteiger charge is -2.23. The molecule has 0 aliphatic carbocycles. The van der Waals surface area contributed by atoms with Crippen LogP contribution in [-0.2, 0) is 69.3 Å². The summed E-state index contributed by atoms with van der Waals surface area (Å²) in [6, 6.07) is 51.8. The number of methoxy groups -OCH3 is 6. The molecule has 0 spiro atoms. The number of rotatable bonds is 27. The van der Waals surface area contributed by atoms with E-state index in [1.807, 2.05) is 125 Å². The molecule has 0 radical (unpaired) electrons. The smallest absolute Gasteiger partial charge is 0.250 e. The maximum absolute atomic E-state index is 13.6. The number of aromatic nitrogens is 3. The molecular formula is C69H78N6O15S3. The van der Waals surface area contributed by atoms with Crippen LogP contribution in [0, 0.1) is 0 Å². The zero-order valence-corrected chi connectivity index (χ0v) is 56.0. The van der Waals surface area contributed by atoms with Gasteiger partial charge in [-0.3, -0.25) is 9.59 Å². The van der Waals surface area contributed by atoms with Crippen LogP contribution in [0.1, 0.15) is 67.1 Å². The molecule has 0 saturated heterocycles. The molecule has 0 bridgehead atoms. The van der Waals surface area contributed by atoms with Crippen molar-refractivity contribution >= 4 is 30.1 Å². The van der Waals surface area contributed by atoms with Crippen LogP contribution < -0.4 is 44.3 Å². The lowest BCUT2D eigenvalue weighted by atomic mass is 10.2. The van der Waals surface area contributed by atoms with Crippen molar-refractivity contribution in [3.05, 3.63) is 255 Å². The molecule has 0 saturated carbocycles. The van der Waals surface area contributed by atoms with E-state index in [1.165, 1.54) is 66.4 Å². The highest BCUT2D eigenvalue weighted by atomic mass is 32.2. The standard InChI is InChI=1S/2C24H28N2O5S.C21H22N2O5S/c1-18(2)31-24-14-13-23(15-25-24)32(27,28)26(16-19-5-9-21(29-3)10-6-19)17-20-7-11-22(30-4)12-8-20;1-18(2)26-17-23(13-14-24(26)27)32(28,29)25(15-19-5-9-21(30-3)10-6-19)16-20-7-11-22(31-4)12-8-20;1-27-18-7-3-16(4-8-18)14-23(15-17-5-9-19(28-2)10-6-17)29(25,26)20-11-12-21(24)22-13-20/h5-15,18H,16-17H2,1-4H3;5-14,17-18H,15-16H2,1-4H3;3-13H,14-15H2,1-2H3,(H,22,24). The molecule has 24 heteroatoms. The molecule has 0 unspecified atom stereocenters. The van der Waals surface area contributed by atoms with Gasteiger partial charge >= 0.3 is 0 Å². The zero-order valence-electron chi connectivity index (χ0n) is 53.5. The summed E-state index contributed by atoms with van der Waals surface area (Å²) in [7, 11) is -2.06. The Morgan fingerprint density at radius 3 is 0.935 bits per heavy atom. The Hall–Kier alpha value is -9.30. The molecule has 9 aromatic rings. The summed E-state index contributed by atoms with van der Waals surface area (Å²) in [4.78, 5) is 30.3. The van der Waals surface area contributed by atoms with Gasteiger partial charge in [-0.1, -0.05) is 72.8 Å². The minimum atomic E-state index is -3.89. The van der Waals surface area contributed by atoms with Crippen molar-refractivity contribution in [1.82, 2.24) is 27.5 Å². The minimum Gasteiger partial charge on any atom is -0.497 e. The number of nitrogens with zero attached hydrogens (tertiary/aromatic N) is 5. The Kier molecular flexibility index (Phi) is 25.5. The molecule has 1 N–H and O–H groups in total. The van der Waals surface area contributed by atoms with E-state index in [1.54, 1.807) is 97.3 Å². The second-order valence-corrected chi connectivity index (χ2v) is 27.3. The molecule has 0 fully saturated rings. The molecule has 492 valence electrons. The third-order valence-electron chi connectivity index (χ3n) is 14.3. The van der Waals surface area contributed by atoms with Gasteiger partial charge in [0.15, 0.2) is 0 Å². The van der Waals surface area contributed by atoms with Gasteiger partial charge in [0.25, 0.3) is 5.56 Å². The number of H-pyrrole nitrogens is 1. The first-order chi connectivity index (χ1) is 44.5. The zero-order chi connectivity index (χ0) is 67.3. The van der Waals surface area contributed by atoms with Crippen molar-refractivity contribution in [1.29, 1.82) is 0 Å². The van der Waals surface area contributed by atoms with E-state index in [0.717, 1.165) is 33.4 Å². The largest absolute Gasteiger partial charge is 0.497 e. The number of ether oxygens (including phenoxy) is 7. The number of pyridine rings is 3. The highest BCUT2D eigenvalue weighted by Gasteiger charge is 2.29. The minimum absolute atomic E-state index is 0.0270. The Balaban J connectivity index is 0.000000198. The molecule has 0 amide bonds. The fourth-order valence-electron chi connectivity index (χ4n) is 9.16. The van der Waals surface area contributed by atoms with Gasteiger partial charge in [0, 0.05) is 75.9 Å². The van der Waals surface area contributed by atoms with Crippen LogP contribution in [0.15, 0.2) is 225 Å². The fraction of sp³-hybridized carbons (Fsp3) is 0.261. The van der Waals surface area contributed by atoms with Gasteiger partial charge in [-0.25, -0.2) is 30.2 Å². The van der Waals surface area contributed by atoms with Crippen LogP contribution in [0.2, 0.25) is 0 Å². The lowest BCUT2D eigenvalue weighted by molar-refractivity contribution is 0.232. The van der Waals surface area contributed by atoms with E-state index < -0.39 is 30.1 Å². The average molecular weight is 1330 g/mol. The van der Waals surface area contributed by atoms with Gasteiger partial charge in [-0.15, -0.1) is 0 Å². The van der Waals surface area contributed by atoms with Crippen molar-refractivity contribution in [2.45, 2.75) is 93.8 Å². The predicted molar refractivity (Wildman–Crippen MR) is 355 cm³/mol. The number of hydrogen-bond donors (Lipinski definition) is 1. The highest BCUT2D eigenvalue weighted by molar-refractivity contribution is 7.89. The fourth-order valence-corrected chi connectivity index (χ4v) is 13.3. The van der Waals surface area contributed by atoms with Gasteiger partial charge in [-0.2, -0.15) is 12.9 Å². The molecule has 21 nitrogen and oxygen atoms in total. The number of sulfonamides is 3. The predicted octanol–water partition coefficient (Wildman–Crippen LogP) is 10.9.